The van der Waals surface area contributed by atoms with Gasteiger partial charge in [0.2, 0.25) is 5.91 Å². The Morgan fingerprint density at radius 1 is 1.25 bits per heavy atom. The van der Waals surface area contributed by atoms with Crippen LogP contribution in [0.3, 0.4) is 0 Å². The SMILES string of the molecule is C[C@@H]1C[C@H](C)CN(C(=O)COCC(=O)[O-])C1. The molecule has 16 heavy (non-hydrogen) atoms. The van der Waals surface area contributed by atoms with Gasteiger partial charge in [-0.3, -0.25) is 4.79 Å². The molecule has 1 aliphatic rings. The quantitative estimate of drug-likeness (QED) is 0.635. The molecule has 1 rings (SSSR count). The van der Waals surface area contributed by atoms with Crippen molar-refractivity contribution in [1.82, 2.24) is 4.90 Å². The lowest BCUT2D eigenvalue weighted by Gasteiger charge is -2.34. The number of carbonyl (C=O) groups excluding carboxylic acids is 2. The average molecular weight is 228 g/mol. The number of nitrogens with zero attached hydrogens (tertiary/aromatic N) is 1. The number of likely N-dealkylation sites (tertiary alicyclic amines) is 1. The predicted octanol–water partition coefficient (Wildman–Crippen LogP) is -0.743. The molecule has 0 unspecified atom stereocenters. The zero-order chi connectivity index (χ0) is 12.1. The minimum Gasteiger partial charge on any atom is -0.548 e. The van der Waals surface area contributed by atoms with Gasteiger partial charge in [0.05, 0.1) is 12.6 Å². The van der Waals surface area contributed by atoms with Crippen molar-refractivity contribution in [2.75, 3.05) is 26.3 Å². The molecule has 0 radical (unpaired) electrons. The maximum atomic E-state index is 11.7. The fourth-order valence-corrected chi connectivity index (χ4v) is 2.18. The van der Waals surface area contributed by atoms with Crippen molar-refractivity contribution < 1.29 is 19.4 Å². The van der Waals surface area contributed by atoms with E-state index in [0.29, 0.717) is 11.8 Å². The Balaban J connectivity index is 2.32. The van der Waals surface area contributed by atoms with Gasteiger partial charge in [-0.25, -0.2) is 0 Å². The van der Waals surface area contributed by atoms with Crippen molar-refractivity contribution in [1.29, 1.82) is 0 Å². The van der Waals surface area contributed by atoms with E-state index in [1.54, 1.807) is 4.90 Å². The van der Waals surface area contributed by atoms with E-state index in [1.807, 2.05) is 0 Å². The lowest BCUT2D eigenvalue weighted by molar-refractivity contribution is -0.309. The van der Waals surface area contributed by atoms with Gasteiger partial charge in [0, 0.05) is 13.1 Å². The van der Waals surface area contributed by atoms with Gasteiger partial charge in [-0.05, 0) is 18.3 Å². The largest absolute Gasteiger partial charge is 0.548 e. The van der Waals surface area contributed by atoms with Gasteiger partial charge < -0.3 is 19.5 Å². The molecule has 0 spiro atoms. The van der Waals surface area contributed by atoms with Crippen LogP contribution in [-0.4, -0.2) is 43.1 Å². The first-order valence-electron chi connectivity index (χ1n) is 5.54. The summed E-state index contributed by atoms with van der Waals surface area (Å²) in [7, 11) is 0. The van der Waals surface area contributed by atoms with Crippen molar-refractivity contribution in [3.8, 4) is 0 Å². The summed E-state index contributed by atoms with van der Waals surface area (Å²) in [5.41, 5.74) is 0. The Kier molecular flexibility index (Phi) is 4.73. The topological polar surface area (TPSA) is 69.7 Å². The Bertz CT molecular complexity index is 257. The third-order valence-electron chi connectivity index (χ3n) is 2.67. The molecular formula is C11H18NO4-. The van der Waals surface area contributed by atoms with E-state index < -0.39 is 12.6 Å². The third-order valence-corrected chi connectivity index (χ3v) is 2.67. The standard InChI is InChI=1S/C11H19NO4/c1-8-3-9(2)5-12(4-8)10(13)6-16-7-11(14)15/h8-9H,3-7H2,1-2H3,(H,14,15)/p-1/t8-,9+. The summed E-state index contributed by atoms with van der Waals surface area (Å²) in [6, 6.07) is 0. The normalized spacial score (nSPS) is 25.5. The second-order valence-electron chi connectivity index (χ2n) is 4.61. The number of hydrogen-bond donors (Lipinski definition) is 0. The second-order valence-corrected chi connectivity index (χ2v) is 4.61. The van der Waals surface area contributed by atoms with Crippen LogP contribution in [0.1, 0.15) is 20.3 Å². The smallest absolute Gasteiger partial charge is 0.248 e. The monoisotopic (exact) mass is 228 g/mol. The summed E-state index contributed by atoms with van der Waals surface area (Å²) in [5.74, 6) is -0.449. The fourth-order valence-electron chi connectivity index (χ4n) is 2.18. The van der Waals surface area contributed by atoms with E-state index in [4.69, 9.17) is 4.74 Å². The zero-order valence-electron chi connectivity index (χ0n) is 9.77. The summed E-state index contributed by atoms with van der Waals surface area (Å²) in [4.78, 5) is 23.5. The molecule has 1 aliphatic heterocycles. The van der Waals surface area contributed by atoms with Crippen LogP contribution in [0, 0.1) is 11.8 Å². The van der Waals surface area contributed by atoms with Crippen molar-refractivity contribution in [2.24, 2.45) is 11.8 Å². The van der Waals surface area contributed by atoms with Crippen LogP contribution >= 0.6 is 0 Å². The molecule has 1 amide bonds. The lowest BCUT2D eigenvalue weighted by Crippen LogP contribution is -2.44. The zero-order valence-corrected chi connectivity index (χ0v) is 9.77. The van der Waals surface area contributed by atoms with Gasteiger partial charge in [0.25, 0.3) is 0 Å². The maximum Gasteiger partial charge on any atom is 0.248 e. The Labute approximate surface area is 95.4 Å². The van der Waals surface area contributed by atoms with Crippen LogP contribution in [-0.2, 0) is 14.3 Å². The van der Waals surface area contributed by atoms with E-state index in [2.05, 4.69) is 13.8 Å². The van der Waals surface area contributed by atoms with Crippen molar-refractivity contribution >= 4 is 11.9 Å². The van der Waals surface area contributed by atoms with Crippen LogP contribution in [0.25, 0.3) is 0 Å². The number of carbonyl (C=O) groups is 2. The molecule has 0 aromatic heterocycles. The van der Waals surface area contributed by atoms with Crippen LogP contribution in [0.2, 0.25) is 0 Å². The maximum absolute atomic E-state index is 11.7. The molecule has 0 bridgehead atoms. The Morgan fingerprint density at radius 3 is 2.31 bits per heavy atom. The Morgan fingerprint density at radius 2 is 1.81 bits per heavy atom. The minimum atomic E-state index is -1.30. The van der Waals surface area contributed by atoms with E-state index >= 15 is 0 Å². The molecule has 0 aromatic carbocycles. The Hall–Kier alpha value is -1.10. The highest BCUT2D eigenvalue weighted by molar-refractivity contribution is 5.78. The van der Waals surface area contributed by atoms with Crippen LogP contribution in [0.4, 0.5) is 0 Å². The highest BCUT2D eigenvalue weighted by Gasteiger charge is 2.25. The molecule has 1 saturated heterocycles. The van der Waals surface area contributed by atoms with Gasteiger partial charge in [-0.15, -0.1) is 0 Å². The first kappa shape index (κ1) is 13.0. The number of ether oxygens (including phenoxy) is 1. The third kappa shape index (κ3) is 4.18. The predicted molar refractivity (Wildman–Crippen MR) is 55.4 cm³/mol. The second kappa shape index (κ2) is 5.84. The van der Waals surface area contributed by atoms with E-state index in [1.165, 1.54) is 0 Å². The molecule has 5 nitrogen and oxygen atoms in total. The lowest BCUT2D eigenvalue weighted by atomic mass is 9.92. The molecule has 0 aliphatic carbocycles. The summed E-state index contributed by atoms with van der Waals surface area (Å²) < 4.78 is 4.73. The molecule has 1 heterocycles. The van der Waals surface area contributed by atoms with Crippen LogP contribution in [0.5, 0.6) is 0 Å². The molecule has 0 N–H and O–H groups in total. The highest BCUT2D eigenvalue weighted by Crippen LogP contribution is 2.20. The average Bonchev–Trinajstić information content (AvgIpc) is 2.15. The molecular weight excluding hydrogens is 210 g/mol. The summed E-state index contributed by atoms with van der Waals surface area (Å²) in [6.07, 6.45) is 1.13. The number of carboxylic acids is 1. The number of piperidine rings is 1. The fraction of sp³-hybridized carbons (Fsp3) is 0.818. The van der Waals surface area contributed by atoms with E-state index in [-0.39, 0.29) is 12.5 Å². The van der Waals surface area contributed by atoms with Crippen LogP contribution in [0.15, 0.2) is 0 Å². The number of carboxylic acid groups (broad SMARTS) is 1. The first-order chi connectivity index (χ1) is 7.49. The number of hydrogen-bond acceptors (Lipinski definition) is 4. The van der Waals surface area contributed by atoms with Gasteiger partial charge in [0.15, 0.2) is 0 Å². The number of aliphatic carboxylic acids is 1. The van der Waals surface area contributed by atoms with Gasteiger partial charge >= 0.3 is 0 Å². The molecule has 1 fully saturated rings. The van der Waals surface area contributed by atoms with Crippen LogP contribution < -0.4 is 5.11 Å². The number of rotatable bonds is 4. The summed E-state index contributed by atoms with van der Waals surface area (Å²) in [5, 5.41) is 10.1. The molecule has 0 saturated carbocycles. The highest BCUT2D eigenvalue weighted by atomic mass is 16.5. The molecule has 2 atom stereocenters. The van der Waals surface area contributed by atoms with Crippen molar-refractivity contribution in [3.05, 3.63) is 0 Å². The van der Waals surface area contributed by atoms with Crippen molar-refractivity contribution in [3.63, 3.8) is 0 Å². The van der Waals surface area contributed by atoms with Gasteiger partial charge in [0.1, 0.15) is 6.61 Å². The summed E-state index contributed by atoms with van der Waals surface area (Å²) >= 11 is 0. The van der Waals surface area contributed by atoms with Gasteiger partial charge in [-0.1, -0.05) is 13.8 Å². The molecule has 5 heteroatoms. The van der Waals surface area contributed by atoms with E-state index in [9.17, 15) is 14.7 Å². The summed E-state index contributed by atoms with van der Waals surface area (Å²) in [6.45, 7) is 4.99. The van der Waals surface area contributed by atoms with E-state index in [0.717, 1.165) is 19.5 Å². The first-order valence-corrected chi connectivity index (χ1v) is 5.54. The van der Waals surface area contributed by atoms with Gasteiger partial charge in [-0.2, -0.15) is 0 Å². The molecule has 0 aromatic rings. The van der Waals surface area contributed by atoms with Crippen molar-refractivity contribution in [2.45, 2.75) is 20.3 Å². The minimum absolute atomic E-state index is 0.139. The molecule has 92 valence electrons. The number of amides is 1.